The zero-order valence-corrected chi connectivity index (χ0v) is 11.7. The van der Waals surface area contributed by atoms with Gasteiger partial charge in [0.25, 0.3) is 5.56 Å². The normalized spacial score (nSPS) is 10.4. The number of benzene rings is 1. The smallest absolute Gasteiger partial charge is 0.297 e. The van der Waals surface area contributed by atoms with Crippen LogP contribution in [0.1, 0.15) is 15.9 Å². The Morgan fingerprint density at radius 2 is 2.24 bits per heavy atom. The third-order valence-electron chi connectivity index (χ3n) is 2.84. The number of amides is 1. The van der Waals surface area contributed by atoms with Crippen LogP contribution in [0.15, 0.2) is 29.3 Å². The van der Waals surface area contributed by atoms with Crippen LogP contribution >= 0.6 is 11.6 Å². The first-order valence-electron chi connectivity index (χ1n) is 5.81. The summed E-state index contributed by atoms with van der Waals surface area (Å²) in [5, 5.41) is -0.0664. The lowest BCUT2D eigenvalue weighted by Gasteiger charge is -2.09. The fourth-order valence-corrected chi connectivity index (χ4v) is 1.95. The molecule has 1 heterocycles. The Morgan fingerprint density at radius 3 is 2.81 bits per heavy atom. The van der Waals surface area contributed by atoms with Crippen molar-refractivity contribution in [3.05, 3.63) is 57.0 Å². The number of carbonyl (C=O) groups excluding carboxylic acids is 1. The van der Waals surface area contributed by atoms with Crippen LogP contribution in [-0.2, 0) is 6.54 Å². The number of hydrogen-bond donors (Lipinski definition) is 1. The van der Waals surface area contributed by atoms with Gasteiger partial charge in [-0.15, -0.1) is 0 Å². The highest BCUT2D eigenvalue weighted by Gasteiger charge is 2.13. The third-order valence-corrected chi connectivity index (χ3v) is 3.10. The number of methoxy groups -OCH3 is 1. The van der Waals surface area contributed by atoms with E-state index in [0.717, 1.165) is 10.6 Å². The second kappa shape index (κ2) is 5.92. The molecule has 2 N–H and O–H groups in total. The molecule has 2 rings (SSSR count). The molecule has 0 atom stereocenters. The Labute approximate surface area is 123 Å². The molecule has 1 amide bonds. The van der Waals surface area contributed by atoms with Crippen molar-refractivity contribution in [1.82, 2.24) is 9.55 Å². The van der Waals surface area contributed by atoms with Gasteiger partial charge in [0.15, 0.2) is 5.15 Å². The second-order valence-electron chi connectivity index (χ2n) is 4.17. The lowest BCUT2D eigenvalue weighted by Crippen LogP contribution is -2.23. The number of hydrogen-bond acceptors (Lipinski definition) is 4. The maximum Gasteiger partial charge on any atom is 0.297 e. The van der Waals surface area contributed by atoms with E-state index in [-0.39, 0.29) is 28.6 Å². The first-order chi connectivity index (χ1) is 9.93. The van der Waals surface area contributed by atoms with Gasteiger partial charge in [-0.2, -0.15) is 0 Å². The molecule has 6 nitrogen and oxygen atoms in total. The molecule has 0 fully saturated rings. The van der Waals surface area contributed by atoms with Crippen molar-refractivity contribution in [2.24, 2.45) is 5.73 Å². The molecule has 1 aromatic carbocycles. The Bertz CT molecular complexity index is 761. The van der Waals surface area contributed by atoms with E-state index in [4.69, 9.17) is 22.1 Å². The Morgan fingerprint density at radius 1 is 1.52 bits per heavy atom. The molecular formula is C13H11ClFN3O3. The Hall–Kier alpha value is -2.41. The summed E-state index contributed by atoms with van der Waals surface area (Å²) in [6.45, 7) is -0.0791. The first kappa shape index (κ1) is 15.0. The molecule has 0 aliphatic carbocycles. The minimum absolute atomic E-state index is 0.0513. The molecule has 0 saturated carbocycles. The van der Waals surface area contributed by atoms with Crippen molar-refractivity contribution in [3.8, 4) is 5.75 Å². The highest BCUT2D eigenvalue weighted by Crippen LogP contribution is 2.16. The molecule has 2 aromatic rings. The predicted molar refractivity (Wildman–Crippen MR) is 74.1 cm³/mol. The van der Waals surface area contributed by atoms with E-state index in [9.17, 15) is 14.0 Å². The molecule has 21 heavy (non-hydrogen) atoms. The maximum atomic E-state index is 13.9. The number of carbonyl (C=O) groups is 1. The summed E-state index contributed by atoms with van der Waals surface area (Å²) in [4.78, 5) is 26.8. The topological polar surface area (TPSA) is 87.2 Å². The summed E-state index contributed by atoms with van der Waals surface area (Å²) in [6, 6.07) is 3.78. The molecule has 0 aliphatic heterocycles. The van der Waals surface area contributed by atoms with Crippen molar-refractivity contribution in [3.63, 3.8) is 0 Å². The van der Waals surface area contributed by atoms with Gasteiger partial charge < -0.3 is 10.5 Å². The average Bonchev–Trinajstić information content (AvgIpc) is 2.44. The largest absolute Gasteiger partial charge is 0.489 e. The van der Waals surface area contributed by atoms with E-state index in [1.54, 1.807) is 0 Å². The Kier molecular flexibility index (Phi) is 4.23. The minimum atomic E-state index is -0.729. The summed E-state index contributed by atoms with van der Waals surface area (Å²) in [5.74, 6) is -1.49. The zero-order chi connectivity index (χ0) is 15.6. The van der Waals surface area contributed by atoms with E-state index in [1.807, 2.05) is 0 Å². The summed E-state index contributed by atoms with van der Waals surface area (Å²) in [5.41, 5.74) is 4.78. The monoisotopic (exact) mass is 311 g/mol. The van der Waals surface area contributed by atoms with Crippen LogP contribution in [0.3, 0.4) is 0 Å². The van der Waals surface area contributed by atoms with Crippen molar-refractivity contribution in [1.29, 1.82) is 0 Å². The lowest BCUT2D eigenvalue weighted by atomic mass is 10.1. The number of rotatable bonds is 4. The van der Waals surface area contributed by atoms with Crippen LogP contribution in [0.5, 0.6) is 5.75 Å². The SMILES string of the molecule is COc1c(Cl)ncn(Cc2ccc(C(N)=O)cc2F)c1=O. The second-order valence-corrected chi connectivity index (χ2v) is 4.53. The molecule has 1 aromatic heterocycles. The van der Waals surface area contributed by atoms with Crippen LogP contribution in [0.25, 0.3) is 0 Å². The van der Waals surface area contributed by atoms with E-state index in [1.165, 1.54) is 25.6 Å². The van der Waals surface area contributed by atoms with Crippen molar-refractivity contribution in [2.45, 2.75) is 6.54 Å². The fourth-order valence-electron chi connectivity index (χ4n) is 1.75. The van der Waals surface area contributed by atoms with Gasteiger partial charge in [0.05, 0.1) is 20.0 Å². The van der Waals surface area contributed by atoms with Gasteiger partial charge in [0, 0.05) is 11.1 Å². The third kappa shape index (κ3) is 3.03. The first-order valence-corrected chi connectivity index (χ1v) is 6.19. The number of aromatic nitrogens is 2. The Balaban J connectivity index is 2.39. The molecule has 0 unspecified atom stereocenters. The van der Waals surface area contributed by atoms with E-state index in [2.05, 4.69) is 4.98 Å². The quantitative estimate of drug-likeness (QED) is 0.859. The van der Waals surface area contributed by atoms with Crippen molar-refractivity contribution >= 4 is 17.5 Å². The molecule has 0 spiro atoms. The van der Waals surface area contributed by atoms with Crippen LogP contribution in [0, 0.1) is 5.82 Å². The zero-order valence-electron chi connectivity index (χ0n) is 11.0. The van der Waals surface area contributed by atoms with Gasteiger partial charge in [0.2, 0.25) is 11.7 Å². The van der Waals surface area contributed by atoms with E-state index in [0.29, 0.717) is 0 Å². The fraction of sp³-hybridized carbons (Fsp3) is 0.154. The number of primary amides is 1. The van der Waals surface area contributed by atoms with E-state index >= 15 is 0 Å². The molecule has 8 heteroatoms. The number of nitrogens with two attached hydrogens (primary N) is 1. The molecule has 0 radical (unpaired) electrons. The van der Waals surface area contributed by atoms with Crippen LogP contribution in [0.2, 0.25) is 5.15 Å². The summed E-state index contributed by atoms with van der Waals surface area (Å²) in [6.07, 6.45) is 1.19. The lowest BCUT2D eigenvalue weighted by molar-refractivity contribution is 0.1000. The standard InChI is InChI=1S/C13H11ClFN3O3/c1-21-10-11(14)17-6-18(13(10)20)5-8-3-2-7(12(16)19)4-9(8)15/h2-4,6H,5H2,1H3,(H2,16,19). The van der Waals surface area contributed by atoms with Gasteiger partial charge in [-0.1, -0.05) is 17.7 Å². The van der Waals surface area contributed by atoms with Gasteiger partial charge in [-0.25, -0.2) is 9.37 Å². The minimum Gasteiger partial charge on any atom is -0.489 e. The van der Waals surface area contributed by atoms with Crippen LogP contribution in [-0.4, -0.2) is 22.6 Å². The summed E-state index contributed by atoms with van der Waals surface area (Å²) in [7, 11) is 1.29. The van der Waals surface area contributed by atoms with Gasteiger partial charge in [0.1, 0.15) is 5.82 Å². The molecule has 0 bridgehead atoms. The number of ether oxygens (including phenoxy) is 1. The number of nitrogens with zero attached hydrogens (tertiary/aromatic N) is 2. The summed E-state index contributed by atoms with van der Waals surface area (Å²) < 4.78 is 19.9. The van der Waals surface area contributed by atoms with E-state index < -0.39 is 17.3 Å². The molecular weight excluding hydrogens is 301 g/mol. The average molecular weight is 312 g/mol. The van der Waals surface area contributed by atoms with Gasteiger partial charge >= 0.3 is 0 Å². The summed E-state index contributed by atoms with van der Waals surface area (Å²) >= 11 is 5.72. The van der Waals surface area contributed by atoms with Gasteiger partial charge in [-0.05, 0) is 12.1 Å². The van der Waals surface area contributed by atoms with Crippen LogP contribution < -0.4 is 16.0 Å². The van der Waals surface area contributed by atoms with Gasteiger partial charge in [-0.3, -0.25) is 14.2 Å². The highest BCUT2D eigenvalue weighted by atomic mass is 35.5. The van der Waals surface area contributed by atoms with Crippen molar-refractivity contribution in [2.75, 3.05) is 7.11 Å². The predicted octanol–water partition coefficient (Wildman–Crippen LogP) is 1.19. The number of halogens is 2. The molecule has 110 valence electrons. The molecule has 0 aliphatic rings. The van der Waals surface area contributed by atoms with Crippen LogP contribution in [0.4, 0.5) is 4.39 Å². The highest BCUT2D eigenvalue weighted by molar-refractivity contribution is 6.30. The maximum absolute atomic E-state index is 13.9. The van der Waals surface area contributed by atoms with Crippen molar-refractivity contribution < 1.29 is 13.9 Å². The molecule has 0 saturated heterocycles.